The molecule has 80 valence electrons. The number of hydrogen-bond donors (Lipinski definition) is 0. The van der Waals surface area contributed by atoms with Gasteiger partial charge in [-0.15, -0.1) is 0 Å². The van der Waals surface area contributed by atoms with Crippen molar-refractivity contribution >= 4 is 15.9 Å². The molecule has 0 saturated heterocycles. The van der Waals surface area contributed by atoms with Gasteiger partial charge in [-0.25, -0.2) is 13.8 Å². The number of ether oxygens (including phenoxy) is 1. The average Bonchev–Trinajstić information content (AvgIpc) is 2.26. The molecule has 0 amide bonds. The molecular formula is C9H7BrF2N2O. The van der Waals surface area contributed by atoms with Gasteiger partial charge in [0.25, 0.3) is 6.43 Å². The van der Waals surface area contributed by atoms with Crippen molar-refractivity contribution in [2.75, 3.05) is 7.11 Å². The Morgan fingerprint density at radius 1 is 1.67 bits per heavy atom. The molecule has 0 fully saturated rings. The number of methoxy groups -OCH3 is 1. The molecule has 0 atom stereocenters. The van der Waals surface area contributed by atoms with E-state index in [0.717, 1.165) is 6.07 Å². The Bertz CT molecular complexity index is 404. The largest absolute Gasteiger partial charge is 0.494 e. The van der Waals surface area contributed by atoms with Gasteiger partial charge in [-0.1, -0.05) is 15.9 Å². The van der Waals surface area contributed by atoms with Crippen LogP contribution in [0.15, 0.2) is 6.07 Å². The van der Waals surface area contributed by atoms with E-state index in [2.05, 4.69) is 20.9 Å². The summed E-state index contributed by atoms with van der Waals surface area (Å²) in [6, 6.07) is 2.76. The van der Waals surface area contributed by atoms with Crippen molar-refractivity contribution in [3.8, 4) is 11.8 Å². The van der Waals surface area contributed by atoms with Gasteiger partial charge in [-0.05, 0) is 6.07 Å². The summed E-state index contributed by atoms with van der Waals surface area (Å²) in [6.07, 6.45) is -2.69. The summed E-state index contributed by atoms with van der Waals surface area (Å²) in [5.41, 5.74) is -0.0501. The van der Waals surface area contributed by atoms with Crippen LogP contribution in [0.2, 0.25) is 0 Å². The lowest BCUT2D eigenvalue weighted by molar-refractivity contribution is 0.146. The molecule has 0 aliphatic carbocycles. The smallest absolute Gasteiger partial charge is 0.267 e. The predicted octanol–water partition coefficient (Wildman–Crippen LogP) is 2.79. The van der Waals surface area contributed by atoms with Crippen molar-refractivity contribution in [1.29, 1.82) is 5.26 Å². The number of hydrogen-bond acceptors (Lipinski definition) is 3. The summed E-state index contributed by atoms with van der Waals surface area (Å²) in [7, 11) is 1.29. The molecule has 15 heavy (non-hydrogen) atoms. The summed E-state index contributed by atoms with van der Waals surface area (Å²) < 4.78 is 30.1. The van der Waals surface area contributed by atoms with E-state index >= 15 is 0 Å². The summed E-state index contributed by atoms with van der Waals surface area (Å²) in [6.45, 7) is 0. The average molecular weight is 277 g/mol. The van der Waals surface area contributed by atoms with Gasteiger partial charge in [0.2, 0.25) is 0 Å². The number of nitrogens with zero attached hydrogens (tertiary/aromatic N) is 2. The summed E-state index contributed by atoms with van der Waals surface area (Å²) >= 11 is 3.10. The zero-order chi connectivity index (χ0) is 11.4. The van der Waals surface area contributed by atoms with Gasteiger partial charge in [0, 0.05) is 5.33 Å². The van der Waals surface area contributed by atoms with E-state index in [1.54, 1.807) is 6.07 Å². The highest BCUT2D eigenvalue weighted by Crippen LogP contribution is 2.32. The van der Waals surface area contributed by atoms with Gasteiger partial charge in [0.15, 0.2) is 0 Å². The second-order valence-corrected chi connectivity index (χ2v) is 3.18. The quantitative estimate of drug-likeness (QED) is 0.798. The van der Waals surface area contributed by atoms with Crippen LogP contribution >= 0.6 is 15.9 Å². The number of alkyl halides is 3. The monoisotopic (exact) mass is 276 g/mol. The van der Waals surface area contributed by atoms with Crippen LogP contribution in [-0.2, 0) is 5.33 Å². The Balaban J connectivity index is 3.40. The summed E-state index contributed by atoms with van der Waals surface area (Å²) in [5.74, 6) is 0.0286. The first-order chi connectivity index (χ1) is 7.13. The van der Waals surface area contributed by atoms with Crippen LogP contribution in [0.1, 0.15) is 23.4 Å². The first-order valence-electron chi connectivity index (χ1n) is 3.96. The molecule has 0 spiro atoms. The predicted molar refractivity (Wildman–Crippen MR) is 53.1 cm³/mol. The highest BCUT2D eigenvalue weighted by Gasteiger charge is 2.19. The van der Waals surface area contributed by atoms with Gasteiger partial charge >= 0.3 is 0 Å². The SMILES string of the molecule is COc1c(C(F)F)cc(C#N)nc1CBr. The highest BCUT2D eigenvalue weighted by molar-refractivity contribution is 9.08. The maximum absolute atomic E-state index is 12.6. The molecule has 1 rings (SSSR count). The zero-order valence-electron chi connectivity index (χ0n) is 7.80. The van der Waals surface area contributed by atoms with Gasteiger partial charge in [-0.2, -0.15) is 5.26 Å². The fraction of sp³-hybridized carbons (Fsp3) is 0.333. The Morgan fingerprint density at radius 2 is 2.33 bits per heavy atom. The van der Waals surface area contributed by atoms with Crippen LogP contribution in [0.25, 0.3) is 0 Å². The number of aromatic nitrogens is 1. The molecule has 1 aromatic rings. The van der Waals surface area contributed by atoms with Crippen molar-refractivity contribution in [2.45, 2.75) is 11.8 Å². The second-order valence-electron chi connectivity index (χ2n) is 2.62. The van der Waals surface area contributed by atoms with Gasteiger partial charge in [0.05, 0.1) is 18.4 Å². The van der Waals surface area contributed by atoms with Crippen molar-refractivity contribution < 1.29 is 13.5 Å². The zero-order valence-corrected chi connectivity index (χ0v) is 9.38. The van der Waals surface area contributed by atoms with Gasteiger partial charge < -0.3 is 4.74 Å². The fourth-order valence-electron chi connectivity index (χ4n) is 1.15. The van der Waals surface area contributed by atoms with E-state index in [0.29, 0.717) is 5.69 Å². The van der Waals surface area contributed by atoms with E-state index < -0.39 is 6.43 Å². The standard InChI is InChI=1S/C9H7BrF2N2O/c1-15-8-6(9(11)12)2-5(4-13)14-7(8)3-10/h2,9H,3H2,1H3. The Morgan fingerprint density at radius 3 is 2.73 bits per heavy atom. The third-order valence-corrected chi connectivity index (χ3v) is 2.28. The first kappa shape index (κ1) is 11.9. The minimum atomic E-state index is -2.69. The molecule has 0 aromatic carbocycles. The van der Waals surface area contributed by atoms with Crippen LogP contribution in [0, 0.1) is 11.3 Å². The second kappa shape index (κ2) is 5.03. The third-order valence-electron chi connectivity index (χ3n) is 1.75. The van der Waals surface area contributed by atoms with Crippen LogP contribution in [0.4, 0.5) is 8.78 Å². The van der Waals surface area contributed by atoms with Crippen LogP contribution in [0.3, 0.4) is 0 Å². The molecule has 1 heterocycles. The van der Waals surface area contributed by atoms with E-state index in [9.17, 15) is 8.78 Å². The molecule has 0 unspecified atom stereocenters. The third kappa shape index (κ3) is 2.42. The summed E-state index contributed by atoms with van der Waals surface area (Å²) in [4.78, 5) is 3.86. The maximum Gasteiger partial charge on any atom is 0.267 e. The Hall–Kier alpha value is -1.22. The van der Waals surface area contributed by atoms with Crippen molar-refractivity contribution in [3.63, 3.8) is 0 Å². The van der Waals surface area contributed by atoms with Crippen molar-refractivity contribution in [3.05, 3.63) is 23.0 Å². The molecule has 0 bridgehead atoms. The Labute approximate surface area is 93.8 Å². The first-order valence-corrected chi connectivity index (χ1v) is 5.08. The minimum absolute atomic E-state index is 0.0286. The lowest BCUT2D eigenvalue weighted by atomic mass is 10.2. The molecular weight excluding hydrogens is 270 g/mol. The molecule has 1 aromatic heterocycles. The lowest BCUT2D eigenvalue weighted by Crippen LogP contribution is -2.01. The van der Waals surface area contributed by atoms with Gasteiger partial charge in [-0.3, -0.25) is 0 Å². The summed E-state index contributed by atoms with van der Waals surface area (Å²) in [5, 5.41) is 8.87. The molecule has 0 radical (unpaired) electrons. The maximum atomic E-state index is 12.6. The molecule has 6 heteroatoms. The number of rotatable bonds is 3. The van der Waals surface area contributed by atoms with Crippen LogP contribution < -0.4 is 4.74 Å². The number of pyridine rings is 1. The molecule has 3 nitrogen and oxygen atoms in total. The van der Waals surface area contributed by atoms with Crippen LogP contribution in [0.5, 0.6) is 5.75 Å². The normalized spacial score (nSPS) is 10.1. The van der Waals surface area contributed by atoms with Crippen LogP contribution in [-0.4, -0.2) is 12.1 Å². The number of nitriles is 1. The Kier molecular flexibility index (Phi) is 3.97. The molecule has 0 aliphatic rings. The van der Waals surface area contributed by atoms with Gasteiger partial charge in [0.1, 0.15) is 17.5 Å². The lowest BCUT2D eigenvalue weighted by Gasteiger charge is -2.11. The van der Waals surface area contributed by atoms with E-state index in [1.165, 1.54) is 7.11 Å². The van der Waals surface area contributed by atoms with E-state index in [-0.39, 0.29) is 22.3 Å². The molecule has 0 saturated carbocycles. The number of halogens is 3. The topological polar surface area (TPSA) is 45.9 Å². The van der Waals surface area contributed by atoms with E-state index in [1.807, 2.05) is 0 Å². The van der Waals surface area contributed by atoms with E-state index in [4.69, 9.17) is 10.00 Å². The molecule has 0 N–H and O–H groups in total. The van der Waals surface area contributed by atoms with Crippen molar-refractivity contribution in [1.82, 2.24) is 4.98 Å². The van der Waals surface area contributed by atoms with Crippen molar-refractivity contribution in [2.24, 2.45) is 0 Å². The molecule has 0 aliphatic heterocycles. The fourth-order valence-corrected chi connectivity index (χ4v) is 1.53. The minimum Gasteiger partial charge on any atom is -0.494 e. The highest BCUT2D eigenvalue weighted by atomic mass is 79.9.